The summed E-state index contributed by atoms with van der Waals surface area (Å²) in [4.78, 5) is 39.0. The van der Waals surface area contributed by atoms with Crippen LogP contribution in [0.5, 0.6) is 0 Å². The van der Waals surface area contributed by atoms with Gasteiger partial charge in [-0.05, 0) is 37.1 Å². The van der Waals surface area contributed by atoms with Crippen molar-refractivity contribution in [3.63, 3.8) is 0 Å². The maximum atomic E-state index is 12.7. The first-order valence-electron chi connectivity index (χ1n) is 9.06. The van der Waals surface area contributed by atoms with Gasteiger partial charge in [0.05, 0.1) is 17.1 Å². The van der Waals surface area contributed by atoms with E-state index >= 15 is 0 Å². The van der Waals surface area contributed by atoms with Crippen LogP contribution >= 0.6 is 0 Å². The Morgan fingerprint density at radius 2 is 1.93 bits per heavy atom. The molecule has 1 amide bonds. The first kappa shape index (κ1) is 18.8. The number of hydrogen-bond acceptors (Lipinski definition) is 4. The summed E-state index contributed by atoms with van der Waals surface area (Å²) < 4.78 is 0. The van der Waals surface area contributed by atoms with E-state index in [2.05, 4.69) is 25.3 Å². The number of aromatic amines is 2. The fraction of sp³-hybridized carbons (Fsp3) is 0.400. The maximum absolute atomic E-state index is 12.7. The molecule has 27 heavy (non-hydrogen) atoms. The minimum atomic E-state index is -0.528. The van der Waals surface area contributed by atoms with Crippen molar-refractivity contribution in [1.29, 1.82) is 0 Å². The van der Waals surface area contributed by atoms with Gasteiger partial charge in [0, 0.05) is 11.1 Å². The molecule has 3 aromatic rings. The van der Waals surface area contributed by atoms with E-state index in [-0.39, 0.29) is 17.2 Å². The normalized spacial score (nSPS) is 12.9. The molecular weight excluding hydrogens is 342 g/mol. The molecule has 3 rings (SSSR count). The monoisotopic (exact) mass is 367 g/mol. The zero-order chi connectivity index (χ0) is 19.8. The van der Waals surface area contributed by atoms with E-state index in [1.165, 1.54) is 0 Å². The molecule has 7 nitrogen and oxygen atoms in total. The molecular formula is C20H25N5O2. The van der Waals surface area contributed by atoms with E-state index in [4.69, 9.17) is 0 Å². The predicted octanol–water partition coefficient (Wildman–Crippen LogP) is 3.13. The number of aryl methyl sites for hydroxylation is 1. The highest BCUT2D eigenvalue weighted by Crippen LogP contribution is 2.21. The Morgan fingerprint density at radius 1 is 1.19 bits per heavy atom. The quantitative estimate of drug-likeness (QED) is 0.659. The van der Waals surface area contributed by atoms with Gasteiger partial charge in [0.1, 0.15) is 11.5 Å². The predicted molar refractivity (Wildman–Crippen MR) is 105 cm³/mol. The molecule has 7 heteroatoms. The van der Waals surface area contributed by atoms with Gasteiger partial charge in [-0.3, -0.25) is 4.79 Å². The number of imidazole rings is 1. The average Bonchev–Trinajstić information content (AvgIpc) is 3.00. The maximum Gasteiger partial charge on any atom is 0.345 e. The molecule has 0 radical (unpaired) electrons. The van der Waals surface area contributed by atoms with Gasteiger partial charge in [0.25, 0.3) is 5.91 Å². The van der Waals surface area contributed by atoms with Crippen molar-refractivity contribution < 1.29 is 4.79 Å². The molecule has 0 spiro atoms. The number of carbonyl (C=O) groups is 1. The summed E-state index contributed by atoms with van der Waals surface area (Å²) in [5, 5.41) is 2.93. The number of rotatable bonds is 4. The third kappa shape index (κ3) is 4.07. The van der Waals surface area contributed by atoms with Crippen LogP contribution in [-0.2, 0) is 5.41 Å². The summed E-state index contributed by atoms with van der Waals surface area (Å²) in [6.07, 6.45) is 0.653. The van der Waals surface area contributed by atoms with Crippen molar-refractivity contribution in [2.24, 2.45) is 0 Å². The van der Waals surface area contributed by atoms with Gasteiger partial charge in [-0.15, -0.1) is 0 Å². The van der Waals surface area contributed by atoms with E-state index in [0.29, 0.717) is 17.9 Å². The van der Waals surface area contributed by atoms with E-state index in [0.717, 1.165) is 16.6 Å². The minimum Gasteiger partial charge on any atom is -0.341 e. The number of hydrogen-bond donors (Lipinski definition) is 3. The lowest BCUT2D eigenvalue weighted by molar-refractivity contribution is 0.0928. The third-order valence-electron chi connectivity index (χ3n) is 4.48. The number of H-pyrrole nitrogens is 2. The lowest BCUT2D eigenvalue weighted by Gasteiger charge is -2.19. The molecule has 0 aliphatic rings. The number of benzene rings is 1. The van der Waals surface area contributed by atoms with E-state index in [1.807, 2.05) is 52.8 Å². The van der Waals surface area contributed by atoms with Crippen LogP contribution in [-0.4, -0.2) is 25.8 Å². The van der Waals surface area contributed by atoms with Crippen molar-refractivity contribution in [3.8, 4) is 0 Å². The molecule has 2 heterocycles. The van der Waals surface area contributed by atoms with Crippen LogP contribution < -0.4 is 11.0 Å². The molecule has 3 N–H and O–H groups in total. The Kier molecular flexibility index (Phi) is 4.87. The molecule has 0 saturated carbocycles. The standard InChI is InChI=1S/C20H25N5O2/c1-6-12(17-21-13-8-7-11(2)9-14(13)22-17)23-18(26)15-10-16(20(3,4)5)25-19(27)24-15/h7-10,12H,6H2,1-5H3,(H,21,22)(H,23,26)(H,24,25,27)/t12-/m0/s1. The van der Waals surface area contributed by atoms with Gasteiger partial charge in [-0.25, -0.2) is 9.78 Å². The van der Waals surface area contributed by atoms with Gasteiger partial charge in [0.2, 0.25) is 0 Å². The molecule has 0 unspecified atom stereocenters. The highest BCUT2D eigenvalue weighted by Gasteiger charge is 2.22. The van der Waals surface area contributed by atoms with Crippen molar-refractivity contribution in [1.82, 2.24) is 25.3 Å². The summed E-state index contributed by atoms with van der Waals surface area (Å²) in [6, 6.07) is 7.30. The lowest BCUT2D eigenvalue weighted by Crippen LogP contribution is -2.32. The molecule has 0 aliphatic heterocycles. The average molecular weight is 367 g/mol. The summed E-state index contributed by atoms with van der Waals surface area (Å²) in [5.41, 5.74) is 2.87. The van der Waals surface area contributed by atoms with Crippen molar-refractivity contribution in [2.45, 2.75) is 52.5 Å². The summed E-state index contributed by atoms with van der Waals surface area (Å²) in [5.74, 6) is 0.294. The third-order valence-corrected chi connectivity index (χ3v) is 4.48. The van der Waals surface area contributed by atoms with Crippen LogP contribution in [0, 0.1) is 6.92 Å². The SMILES string of the molecule is CC[C@H](NC(=O)c1cc(C(C)(C)C)[nH]c(=O)n1)c1nc2ccc(C)cc2[nH]1. The Bertz CT molecular complexity index is 1040. The summed E-state index contributed by atoms with van der Waals surface area (Å²) in [6.45, 7) is 9.88. The highest BCUT2D eigenvalue weighted by molar-refractivity contribution is 5.92. The van der Waals surface area contributed by atoms with Gasteiger partial charge < -0.3 is 15.3 Å². The van der Waals surface area contributed by atoms with Gasteiger partial charge in [-0.1, -0.05) is 33.8 Å². The molecule has 1 atom stereocenters. The molecule has 142 valence electrons. The second-order valence-corrected chi connectivity index (χ2v) is 7.81. The molecule has 0 bridgehead atoms. The second kappa shape index (κ2) is 6.98. The zero-order valence-electron chi connectivity index (χ0n) is 16.3. The lowest BCUT2D eigenvalue weighted by atomic mass is 9.91. The van der Waals surface area contributed by atoms with Crippen molar-refractivity contribution in [2.75, 3.05) is 0 Å². The Hall–Kier alpha value is -2.96. The summed E-state index contributed by atoms with van der Waals surface area (Å²) in [7, 11) is 0. The van der Waals surface area contributed by atoms with Crippen LogP contribution in [0.4, 0.5) is 0 Å². The number of nitrogens with zero attached hydrogens (tertiary/aromatic N) is 2. The molecule has 0 aliphatic carbocycles. The number of fused-ring (bicyclic) bond motifs is 1. The topological polar surface area (TPSA) is 104 Å². The fourth-order valence-electron chi connectivity index (χ4n) is 2.88. The van der Waals surface area contributed by atoms with Crippen LogP contribution in [0.15, 0.2) is 29.1 Å². The van der Waals surface area contributed by atoms with E-state index in [1.54, 1.807) is 6.07 Å². The van der Waals surface area contributed by atoms with Crippen LogP contribution in [0.2, 0.25) is 0 Å². The molecule has 0 fully saturated rings. The van der Waals surface area contributed by atoms with E-state index in [9.17, 15) is 9.59 Å². The zero-order valence-corrected chi connectivity index (χ0v) is 16.3. The van der Waals surface area contributed by atoms with Gasteiger partial charge >= 0.3 is 5.69 Å². The van der Waals surface area contributed by atoms with Crippen molar-refractivity contribution >= 4 is 16.9 Å². The first-order valence-corrected chi connectivity index (χ1v) is 9.06. The first-order chi connectivity index (χ1) is 12.7. The van der Waals surface area contributed by atoms with Crippen LogP contribution in [0.3, 0.4) is 0 Å². The fourth-order valence-corrected chi connectivity index (χ4v) is 2.88. The number of nitrogens with one attached hydrogen (secondary N) is 3. The Morgan fingerprint density at radius 3 is 2.59 bits per heavy atom. The Labute approximate surface area is 157 Å². The summed E-state index contributed by atoms with van der Waals surface area (Å²) >= 11 is 0. The minimum absolute atomic E-state index is 0.106. The van der Waals surface area contributed by atoms with E-state index < -0.39 is 11.6 Å². The number of aromatic nitrogens is 4. The highest BCUT2D eigenvalue weighted by atomic mass is 16.2. The largest absolute Gasteiger partial charge is 0.345 e. The van der Waals surface area contributed by atoms with Crippen LogP contribution in [0.25, 0.3) is 11.0 Å². The Balaban J connectivity index is 1.88. The molecule has 0 saturated heterocycles. The molecule has 2 aromatic heterocycles. The molecule has 1 aromatic carbocycles. The number of carbonyl (C=O) groups excluding carboxylic acids is 1. The second-order valence-electron chi connectivity index (χ2n) is 7.81. The number of amides is 1. The van der Waals surface area contributed by atoms with Gasteiger partial charge in [-0.2, -0.15) is 4.98 Å². The van der Waals surface area contributed by atoms with Crippen molar-refractivity contribution in [3.05, 3.63) is 57.5 Å². The smallest absolute Gasteiger partial charge is 0.341 e. The van der Waals surface area contributed by atoms with Crippen LogP contribution in [0.1, 0.15) is 67.7 Å². The van der Waals surface area contributed by atoms with Gasteiger partial charge in [0.15, 0.2) is 0 Å².